The van der Waals surface area contributed by atoms with E-state index in [2.05, 4.69) is 52.0 Å². The van der Waals surface area contributed by atoms with Crippen molar-refractivity contribution < 1.29 is 4.74 Å². The summed E-state index contributed by atoms with van der Waals surface area (Å²) in [5.41, 5.74) is 2.27. The number of morpholine rings is 1. The maximum Gasteiger partial charge on any atom is 0.161 e. The van der Waals surface area contributed by atoms with E-state index in [1.807, 2.05) is 12.3 Å². The Bertz CT molecular complexity index is 805. The molecule has 0 amide bonds. The second kappa shape index (κ2) is 5.42. The van der Waals surface area contributed by atoms with Crippen LogP contribution in [0.5, 0.6) is 0 Å². The molecule has 0 bridgehead atoms. The van der Waals surface area contributed by atoms with Crippen LogP contribution >= 0.6 is 0 Å². The Hall–Kier alpha value is -2.40. The molecule has 0 unspecified atom stereocenters. The maximum atomic E-state index is 5.40. The molecule has 4 rings (SSSR count). The number of anilines is 1. The highest BCUT2D eigenvalue weighted by Gasteiger charge is 2.13. The van der Waals surface area contributed by atoms with E-state index >= 15 is 0 Å². The number of hydrogen-bond donors (Lipinski definition) is 0. The van der Waals surface area contributed by atoms with E-state index in [1.54, 1.807) is 0 Å². The van der Waals surface area contributed by atoms with Crippen molar-refractivity contribution in [2.24, 2.45) is 7.05 Å². The topological polar surface area (TPSA) is 43.2 Å². The highest BCUT2D eigenvalue weighted by atomic mass is 16.5. The van der Waals surface area contributed by atoms with Crippen LogP contribution in [-0.4, -0.2) is 40.8 Å². The average molecular weight is 294 g/mol. The Morgan fingerprint density at radius 3 is 2.82 bits per heavy atom. The van der Waals surface area contributed by atoms with E-state index in [-0.39, 0.29) is 0 Å². The first-order valence-electron chi connectivity index (χ1n) is 7.52. The monoisotopic (exact) mass is 294 g/mol. The average Bonchev–Trinajstić information content (AvgIpc) is 2.96. The molecule has 0 spiro atoms. The van der Waals surface area contributed by atoms with Crippen molar-refractivity contribution in [2.75, 3.05) is 31.2 Å². The van der Waals surface area contributed by atoms with Crippen LogP contribution in [0.2, 0.25) is 0 Å². The highest BCUT2D eigenvalue weighted by Crippen LogP contribution is 2.24. The summed E-state index contributed by atoms with van der Waals surface area (Å²) < 4.78 is 7.51. The first kappa shape index (κ1) is 13.3. The van der Waals surface area contributed by atoms with Crippen molar-refractivity contribution in [1.29, 1.82) is 0 Å². The molecule has 0 atom stereocenters. The third kappa shape index (κ3) is 2.33. The molecule has 0 saturated carbocycles. The van der Waals surface area contributed by atoms with Crippen LogP contribution < -0.4 is 4.90 Å². The van der Waals surface area contributed by atoms with Gasteiger partial charge in [0.1, 0.15) is 5.82 Å². The third-order valence-corrected chi connectivity index (χ3v) is 4.12. The summed E-state index contributed by atoms with van der Waals surface area (Å²) in [7, 11) is 2.05. The number of ether oxygens (including phenoxy) is 1. The molecule has 22 heavy (non-hydrogen) atoms. The van der Waals surface area contributed by atoms with Gasteiger partial charge in [-0.3, -0.25) is 0 Å². The fraction of sp³-hybridized carbons (Fsp3) is 0.294. The molecule has 112 valence electrons. The second-order valence-corrected chi connectivity index (χ2v) is 5.54. The molecule has 1 aromatic carbocycles. The molecule has 1 fully saturated rings. The van der Waals surface area contributed by atoms with Gasteiger partial charge in [-0.25, -0.2) is 9.97 Å². The molecule has 5 heteroatoms. The first-order chi connectivity index (χ1) is 10.8. The van der Waals surface area contributed by atoms with Crippen LogP contribution in [0.15, 0.2) is 42.7 Å². The lowest BCUT2D eigenvalue weighted by Crippen LogP contribution is -2.36. The predicted octanol–water partition coefficient (Wildman–Crippen LogP) is 2.47. The minimum atomic E-state index is 0.759. The van der Waals surface area contributed by atoms with Gasteiger partial charge >= 0.3 is 0 Å². The Balaban J connectivity index is 1.71. The second-order valence-electron chi connectivity index (χ2n) is 5.54. The summed E-state index contributed by atoms with van der Waals surface area (Å²) >= 11 is 0. The summed E-state index contributed by atoms with van der Waals surface area (Å²) in [6.45, 7) is 3.28. The SMILES string of the molecule is Cn1ccc2cc(-c3nccc(N4CCOCC4)n3)ccc21. The van der Waals surface area contributed by atoms with Gasteiger partial charge in [0.05, 0.1) is 13.2 Å². The van der Waals surface area contributed by atoms with Gasteiger partial charge in [-0.2, -0.15) is 0 Å². The van der Waals surface area contributed by atoms with Crippen molar-refractivity contribution in [3.05, 3.63) is 42.7 Å². The third-order valence-electron chi connectivity index (χ3n) is 4.12. The largest absolute Gasteiger partial charge is 0.378 e. The number of aromatic nitrogens is 3. The van der Waals surface area contributed by atoms with E-state index in [0.29, 0.717) is 0 Å². The zero-order valence-electron chi connectivity index (χ0n) is 12.6. The molecular weight excluding hydrogens is 276 g/mol. The molecule has 0 aliphatic carbocycles. The quantitative estimate of drug-likeness (QED) is 0.728. The summed E-state index contributed by atoms with van der Waals surface area (Å²) in [6, 6.07) is 10.4. The van der Waals surface area contributed by atoms with Gasteiger partial charge in [-0.15, -0.1) is 0 Å². The highest BCUT2D eigenvalue weighted by molar-refractivity contribution is 5.84. The van der Waals surface area contributed by atoms with Crippen molar-refractivity contribution in [3.63, 3.8) is 0 Å². The van der Waals surface area contributed by atoms with Gasteiger partial charge in [0, 0.05) is 49.0 Å². The Morgan fingerprint density at radius 1 is 1.09 bits per heavy atom. The molecule has 1 aliphatic rings. The minimum Gasteiger partial charge on any atom is -0.378 e. The summed E-state index contributed by atoms with van der Waals surface area (Å²) in [4.78, 5) is 11.4. The molecule has 0 N–H and O–H groups in total. The Kier molecular flexibility index (Phi) is 3.27. The van der Waals surface area contributed by atoms with Gasteiger partial charge in [0.25, 0.3) is 0 Å². The van der Waals surface area contributed by atoms with Crippen LogP contribution in [-0.2, 0) is 11.8 Å². The van der Waals surface area contributed by atoms with Crippen LogP contribution in [0.1, 0.15) is 0 Å². The molecule has 3 aromatic rings. The number of rotatable bonds is 2. The van der Waals surface area contributed by atoms with Crippen LogP contribution in [0.3, 0.4) is 0 Å². The smallest absolute Gasteiger partial charge is 0.161 e. The normalized spacial score (nSPS) is 15.4. The molecular formula is C17H18N4O. The van der Waals surface area contributed by atoms with Gasteiger partial charge in [0.15, 0.2) is 5.82 Å². The van der Waals surface area contributed by atoms with Crippen molar-refractivity contribution in [2.45, 2.75) is 0 Å². The van der Waals surface area contributed by atoms with Crippen molar-refractivity contribution in [3.8, 4) is 11.4 Å². The molecule has 0 radical (unpaired) electrons. The Morgan fingerprint density at radius 2 is 1.95 bits per heavy atom. The van der Waals surface area contributed by atoms with E-state index in [0.717, 1.165) is 43.5 Å². The fourth-order valence-corrected chi connectivity index (χ4v) is 2.88. The molecule has 1 saturated heterocycles. The van der Waals surface area contributed by atoms with Gasteiger partial charge in [-0.1, -0.05) is 0 Å². The van der Waals surface area contributed by atoms with Crippen molar-refractivity contribution in [1.82, 2.24) is 14.5 Å². The van der Waals surface area contributed by atoms with E-state index in [4.69, 9.17) is 9.72 Å². The Labute approximate surface area is 129 Å². The van der Waals surface area contributed by atoms with Gasteiger partial charge in [0.2, 0.25) is 0 Å². The summed E-state index contributed by atoms with van der Waals surface area (Å²) in [5.74, 6) is 1.75. The molecule has 3 heterocycles. The number of benzene rings is 1. The molecule has 5 nitrogen and oxygen atoms in total. The zero-order valence-corrected chi connectivity index (χ0v) is 12.6. The van der Waals surface area contributed by atoms with Crippen LogP contribution in [0, 0.1) is 0 Å². The van der Waals surface area contributed by atoms with Crippen LogP contribution in [0.4, 0.5) is 5.82 Å². The lowest BCUT2D eigenvalue weighted by molar-refractivity contribution is 0.122. The maximum absolute atomic E-state index is 5.40. The number of fused-ring (bicyclic) bond motifs is 1. The minimum absolute atomic E-state index is 0.759. The fourth-order valence-electron chi connectivity index (χ4n) is 2.88. The molecule has 2 aromatic heterocycles. The standard InChI is InChI=1S/C17H18N4O/c1-20-7-5-13-12-14(2-3-15(13)20)17-18-6-4-16(19-17)21-8-10-22-11-9-21/h2-7,12H,8-11H2,1H3. The van der Waals surface area contributed by atoms with Crippen molar-refractivity contribution >= 4 is 16.7 Å². The number of nitrogens with zero attached hydrogens (tertiary/aromatic N) is 4. The number of hydrogen-bond acceptors (Lipinski definition) is 4. The zero-order chi connectivity index (χ0) is 14.9. The van der Waals surface area contributed by atoms with Gasteiger partial charge in [-0.05, 0) is 30.3 Å². The van der Waals surface area contributed by atoms with Gasteiger partial charge < -0.3 is 14.2 Å². The predicted molar refractivity (Wildman–Crippen MR) is 87.0 cm³/mol. The summed E-state index contributed by atoms with van der Waals surface area (Å²) in [5, 5.41) is 1.21. The van der Waals surface area contributed by atoms with Crippen LogP contribution in [0.25, 0.3) is 22.3 Å². The lowest BCUT2D eigenvalue weighted by atomic mass is 10.1. The lowest BCUT2D eigenvalue weighted by Gasteiger charge is -2.27. The summed E-state index contributed by atoms with van der Waals surface area (Å²) in [6.07, 6.45) is 3.90. The number of aryl methyl sites for hydroxylation is 1. The molecule has 1 aliphatic heterocycles. The first-order valence-corrected chi connectivity index (χ1v) is 7.52. The van der Waals surface area contributed by atoms with E-state index in [9.17, 15) is 0 Å². The van der Waals surface area contributed by atoms with E-state index in [1.165, 1.54) is 10.9 Å². The van der Waals surface area contributed by atoms with E-state index < -0.39 is 0 Å².